The molecule has 0 unspecified atom stereocenters. The van der Waals surface area contributed by atoms with Crippen LogP contribution in [0.3, 0.4) is 0 Å². The van der Waals surface area contributed by atoms with Gasteiger partial charge >= 0.3 is 0 Å². The van der Waals surface area contributed by atoms with E-state index in [1.54, 1.807) is 0 Å². The van der Waals surface area contributed by atoms with E-state index in [1.165, 1.54) is 0 Å². The van der Waals surface area contributed by atoms with Gasteiger partial charge in [-0.25, -0.2) is 11.8 Å². The highest BCUT2D eigenvalue weighted by Gasteiger charge is 1.96. The van der Waals surface area contributed by atoms with Gasteiger partial charge in [0.15, 0.2) is 0 Å². The molecule has 0 radical (unpaired) electrons. The second-order valence-electron chi connectivity index (χ2n) is 6.87. The molecule has 0 bridgehead atoms. The van der Waals surface area contributed by atoms with Crippen LogP contribution in [-0.4, -0.2) is 145 Å². The van der Waals surface area contributed by atoms with Crippen LogP contribution in [0.1, 0.15) is 0 Å². The minimum atomic E-state index is 0.374. The van der Waals surface area contributed by atoms with E-state index in [0.29, 0.717) is 145 Å². The van der Waals surface area contributed by atoms with E-state index in [2.05, 4.69) is 9.68 Å². The van der Waals surface area contributed by atoms with Gasteiger partial charge in [-0.1, -0.05) is 0 Å². The average Bonchev–Trinajstić information content (AvgIpc) is 2.89. The summed E-state index contributed by atoms with van der Waals surface area (Å²) in [6, 6.07) is 0. The Morgan fingerprint density at radius 2 is 0.306 bits per heavy atom. The quantitative estimate of drug-likeness (QED) is 0.0776. The molecule has 0 rings (SSSR count). The molecule has 0 aromatic carbocycles. The highest BCUT2D eigenvalue weighted by atomic mass is 16.6. The number of nitrogens with two attached hydrogens (primary N) is 2. The van der Waals surface area contributed by atoms with E-state index in [1.807, 2.05) is 0 Å². The molecule has 0 spiro atoms. The highest BCUT2D eigenvalue weighted by molar-refractivity contribution is 4.38. The summed E-state index contributed by atoms with van der Waals surface area (Å²) in [7, 11) is 0. The molecule has 36 heavy (non-hydrogen) atoms. The first-order valence-electron chi connectivity index (χ1n) is 12.3. The molecule has 0 aliphatic carbocycles. The normalized spacial score (nSPS) is 11.5. The van der Waals surface area contributed by atoms with Gasteiger partial charge in [0.2, 0.25) is 0 Å². The van der Waals surface area contributed by atoms with Crippen molar-refractivity contribution < 1.29 is 57.0 Å². The molecule has 0 aromatic rings. The molecule has 0 saturated heterocycles. The number of rotatable bonds is 33. The van der Waals surface area contributed by atoms with E-state index in [0.717, 1.165) is 0 Å². The Labute approximate surface area is 214 Å². The van der Waals surface area contributed by atoms with Crippen LogP contribution in [0.5, 0.6) is 0 Å². The van der Waals surface area contributed by atoms with Gasteiger partial charge in [0.1, 0.15) is 0 Å². The predicted molar refractivity (Wildman–Crippen MR) is 128 cm³/mol. The van der Waals surface area contributed by atoms with Crippen molar-refractivity contribution >= 4 is 0 Å². The summed E-state index contributed by atoms with van der Waals surface area (Å²) in [5, 5.41) is 0. The second-order valence-corrected chi connectivity index (χ2v) is 6.87. The van der Waals surface area contributed by atoms with Crippen LogP contribution in [0.25, 0.3) is 0 Å². The third-order valence-corrected chi connectivity index (χ3v) is 4.04. The Hall–Kier alpha value is -0.560. The fraction of sp³-hybridized carbons (Fsp3) is 1.00. The zero-order chi connectivity index (χ0) is 26.0. The molecule has 0 amide bonds. The van der Waals surface area contributed by atoms with E-state index in [-0.39, 0.29) is 0 Å². The summed E-state index contributed by atoms with van der Waals surface area (Å²) in [6.45, 7) is 10.8. The van der Waals surface area contributed by atoms with E-state index < -0.39 is 0 Å². The zero-order valence-corrected chi connectivity index (χ0v) is 21.6. The summed E-state index contributed by atoms with van der Waals surface area (Å²) >= 11 is 0. The third-order valence-electron chi connectivity index (χ3n) is 4.04. The van der Waals surface area contributed by atoms with E-state index in [9.17, 15) is 0 Å². The summed E-state index contributed by atoms with van der Waals surface area (Å²) < 4.78 is 53.6. The Balaban J connectivity index is 3.00. The Kier molecular flexibility index (Phi) is 33.9. The Morgan fingerprint density at radius 1 is 0.194 bits per heavy atom. The summed E-state index contributed by atoms with van der Waals surface area (Å²) in [5.41, 5.74) is 0. The maximum absolute atomic E-state index is 5.44. The monoisotopic (exact) mass is 532 g/mol. The molecule has 0 aromatic heterocycles. The maximum atomic E-state index is 5.44. The van der Waals surface area contributed by atoms with Crippen LogP contribution >= 0.6 is 0 Å². The van der Waals surface area contributed by atoms with Crippen molar-refractivity contribution in [2.45, 2.75) is 0 Å². The van der Waals surface area contributed by atoms with Gasteiger partial charge in [-0.3, -0.25) is 0 Å². The molecular weight excluding hydrogens is 484 g/mol. The van der Waals surface area contributed by atoms with E-state index in [4.69, 9.17) is 59.2 Å². The first-order chi connectivity index (χ1) is 17.9. The second kappa shape index (κ2) is 34.4. The van der Waals surface area contributed by atoms with Gasteiger partial charge in [0, 0.05) is 0 Å². The van der Waals surface area contributed by atoms with Gasteiger partial charge in [0.05, 0.1) is 145 Å². The lowest BCUT2D eigenvalue weighted by molar-refractivity contribution is -0.0284. The molecule has 4 N–H and O–H groups in total. The summed E-state index contributed by atoms with van der Waals surface area (Å²) in [5.74, 6) is 9.76. The van der Waals surface area contributed by atoms with Crippen LogP contribution in [0, 0.1) is 0 Å². The molecule has 14 heteroatoms. The standard InChI is InChI=1S/C22H48N2O12/c23-35-21-19-33-17-15-31-13-11-29-9-7-27-5-3-25-1-2-26-4-6-28-8-10-30-12-14-32-16-18-34-20-22-36-24/h1-24H2. The molecule has 0 fully saturated rings. The highest BCUT2D eigenvalue weighted by Crippen LogP contribution is 1.86. The molecule has 0 aliphatic heterocycles. The maximum Gasteiger partial charge on any atom is 0.0913 e. The van der Waals surface area contributed by atoms with Crippen LogP contribution in [0.4, 0.5) is 0 Å². The number of hydrogen-bond donors (Lipinski definition) is 2. The van der Waals surface area contributed by atoms with Gasteiger partial charge in [-0.05, 0) is 0 Å². The van der Waals surface area contributed by atoms with Crippen molar-refractivity contribution in [1.29, 1.82) is 0 Å². The largest absolute Gasteiger partial charge is 0.377 e. The minimum Gasteiger partial charge on any atom is -0.377 e. The van der Waals surface area contributed by atoms with Gasteiger partial charge < -0.3 is 57.0 Å². The summed E-state index contributed by atoms with van der Waals surface area (Å²) in [6.07, 6.45) is 0. The van der Waals surface area contributed by atoms with Crippen molar-refractivity contribution in [3.8, 4) is 0 Å². The molecule has 218 valence electrons. The Morgan fingerprint density at radius 3 is 0.417 bits per heavy atom. The van der Waals surface area contributed by atoms with Crippen LogP contribution in [-0.2, 0) is 57.0 Å². The lowest BCUT2D eigenvalue weighted by Crippen LogP contribution is -2.15. The van der Waals surface area contributed by atoms with Crippen LogP contribution < -0.4 is 11.8 Å². The van der Waals surface area contributed by atoms with Gasteiger partial charge in [-0.15, -0.1) is 0 Å². The molecule has 0 heterocycles. The smallest absolute Gasteiger partial charge is 0.0913 e. The van der Waals surface area contributed by atoms with E-state index >= 15 is 0 Å². The average molecular weight is 533 g/mol. The molecule has 0 saturated carbocycles. The van der Waals surface area contributed by atoms with Gasteiger partial charge in [-0.2, -0.15) is 0 Å². The molecular formula is C22H48N2O12. The SMILES string of the molecule is NOCCOCCOCCOCCOCCOCCOCCOCCOCCOCCOCCON. The molecule has 0 aliphatic rings. The Bertz CT molecular complexity index is 355. The molecule has 14 nitrogen and oxygen atoms in total. The van der Waals surface area contributed by atoms with Crippen molar-refractivity contribution in [1.82, 2.24) is 0 Å². The topological polar surface area (TPSA) is 163 Å². The fourth-order valence-electron chi connectivity index (χ4n) is 2.30. The van der Waals surface area contributed by atoms with Crippen molar-refractivity contribution in [2.75, 3.05) is 145 Å². The first-order valence-corrected chi connectivity index (χ1v) is 12.3. The first kappa shape index (κ1) is 35.4. The van der Waals surface area contributed by atoms with Crippen molar-refractivity contribution in [3.05, 3.63) is 0 Å². The third kappa shape index (κ3) is 33.4. The zero-order valence-electron chi connectivity index (χ0n) is 21.6. The van der Waals surface area contributed by atoms with Crippen LogP contribution in [0.15, 0.2) is 0 Å². The molecule has 0 atom stereocenters. The number of hydrogen-bond acceptors (Lipinski definition) is 14. The summed E-state index contributed by atoms with van der Waals surface area (Å²) in [4.78, 5) is 8.76. The lowest BCUT2D eigenvalue weighted by atomic mass is 10.6. The fourth-order valence-corrected chi connectivity index (χ4v) is 2.30. The number of ether oxygens (including phenoxy) is 10. The lowest BCUT2D eigenvalue weighted by Gasteiger charge is -2.09. The van der Waals surface area contributed by atoms with Gasteiger partial charge in [0.25, 0.3) is 0 Å². The van der Waals surface area contributed by atoms with Crippen molar-refractivity contribution in [2.24, 2.45) is 11.8 Å². The predicted octanol–water partition coefficient (Wildman–Crippen LogP) is -1.07. The van der Waals surface area contributed by atoms with Crippen LogP contribution in [0.2, 0.25) is 0 Å². The minimum absolute atomic E-state index is 0.374. The van der Waals surface area contributed by atoms with Crippen molar-refractivity contribution in [3.63, 3.8) is 0 Å².